The maximum absolute atomic E-state index is 13.5. The summed E-state index contributed by atoms with van der Waals surface area (Å²) in [5, 5.41) is 121. The summed E-state index contributed by atoms with van der Waals surface area (Å²) in [6, 6.07) is -0.975. The smallest absolute Gasteiger partial charge is 0.220 e. The zero-order valence-corrected chi connectivity index (χ0v) is 71.6. The molecule has 19 nitrogen and oxygen atoms in total. The summed E-state index contributed by atoms with van der Waals surface area (Å²) >= 11 is 0. The van der Waals surface area contributed by atoms with E-state index in [4.69, 9.17) is 28.4 Å². The molecule has 3 heterocycles. The molecular formula is C94H173NO18. The highest BCUT2D eigenvalue weighted by atomic mass is 16.8. The summed E-state index contributed by atoms with van der Waals surface area (Å²) in [5.74, 6) is -0.267. The van der Waals surface area contributed by atoms with Gasteiger partial charge >= 0.3 is 0 Å². The molecule has 0 bridgehead atoms. The van der Waals surface area contributed by atoms with Gasteiger partial charge in [0.05, 0.1) is 38.6 Å². The zero-order chi connectivity index (χ0) is 81.7. The lowest BCUT2D eigenvalue weighted by atomic mass is 9.96. The molecule has 0 aliphatic carbocycles. The van der Waals surface area contributed by atoms with Crippen LogP contribution in [0.25, 0.3) is 0 Å². The van der Waals surface area contributed by atoms with Gasteiger partial charge in [-0.05, 0) is 57.8 Å². The monoisotopic (exact) mass is 1600 g/mol. The van der Waals surface area contributed by atoms with Crippen molar-refractivity contribution in [2.75, 3.05) is 26.4 Å². The van der Waals surface area contributed by atoms with Crippen molar-refractivity contribution in [2.24, 2.45) is 0 Å². The van der Waals surface area contributed by atoms with Crippen LogP contribution in [0.3, 0.4) is 0 Å². The first-order chi connectivity index (χ1) is 55.3. The number of allylic oxidation sites excluding steroid dienone is 9. The van der Waals surface area contributed by atoms with E-state index >= 15 is 0 Å². The van der Waals surface area contributed by atoms with E-state index in [1.165, 1.54) is 302 Å². The molecule has 0 spiro atoms. The van der Waals surface area contributed by atoms with Crippen LogP contribution in [0.4, 0.5) is 0 Å². The van der Waals surface area contributed by atoms with E-state index in [9.17, 15) is 61.0 Å². The van der Waals surface area contributed by atoms with Crippen molar-refractivity contribution in [3.63, 3.8) is 0 Å². The Hall–Kier alpha value is -2.51. The Morgan fingerprint density at radius 2 is 0.611 bits per heavy atom. The first-order valence-electron chi connectivity index (χ1n) is 47.0. The number of nitrogens with one attached hydrogen (secondary N) is 1. The number of hydrogen-bond acceptors (Lipinski definition) is 18. The summed E-state index contributed by atoms with van der Waals surface area (Å²) < 4.78 is 34.6. The van der Waals surface area contributed by atoms with Gasteiger partial charge in [0.15, 0.2) is 18.9 Å². The van der Waals surface area contributed by atoms with Gasteiger partial charge in [-0.15, -0.1) is 0 Å². The second-order valence-electron chi connectivity index (χ2n) is 33.5. The number of aliphatic hydroxyl groups excluding tert-OH is 11. The van der Waals surface area contributed by atoms with Crippen LogP contribution in [0.2, 0.25) is 0 Å². The minimum atomic E-state index is -1.98. The average molecular weight is 1610 g/mol. The summed E-state index contributed by atoms with van der Waals surface area (Å²) in [5.41, 5.74) is 0. The third kappa shape index (κ3) is 51.7. The molecule has 113 heavy (non-hydrogen) atoms. The highest BCUT2D eigenvalue weighted by Crippen LogP contribution is 2.34. The lowest BCUT2D eigenvalue weighted by Gasteiger charge is -2.48. The first-order valence-corrected chi connectivity index (χ1v) is 47.0. The van der Waals surface area contributed by atoms with Crippen LogP contribution in [0.15, 0.2) is 60.8 Å². The Balaban J connectivity index is 1.30. The molecule has 3 aliphatic heterocycles. The van der Waals surface area contributed by atoms with Crippen molar-refractivity contribution >= 4 is 5.91 Å². The molecule has 17 atom stereocenters. The second kappa shape index (κ2) is 73.4. The molecule has 3 fully saturated rings. The molecule has 0 aromatic heterocycles. The van der Waals surface area contributed by atoms with E-state index in [1.807, 2.05) is 6.08 Å². The molecule has 0 radical (unpaired) electrons. The number of ether oxygens (including phenoxy) is 6. The summed E-state index contributed by atoms with van der Waals surface area (Å²) in [4.78, 5) is 13.5. The lowest BCUT2D eigenvalue weighted by Crippen LogP contribution is -2.66. The molecule has 0 aromatic carbocycles. The molecule has 19 heteroatoms. The minimum absolute atomic E-state index is 0.247. The van der Waals surface area contributed by atoms with Crippen molar-refractivity contribution in [2.45, 2.75) is 503 Å². The summed E-state index contributed by atoms with van der Waals surface area (Å²) in [7, 11) is 0. The van der Waals surface area contributed by atoms with Gasteiger partial charge in [-0.2, -0.15) is 0 Å². The number of carbonyl (C=O) groups excluding carboxylic acids is 1. The van der Waals surface area contributed by atoms with Crippen LogP contribution in [0, 0.1) is 0 Å². The van der Waals surface area contributed by atoms with Crippen LogP contribution in [-0.2, 0) is 33.2 Å². The number of aliphatic hydroxyl groups is 11. The summed E-state index contributed by atoms with van der Waals surface area (Å²) in [6.45, 7) is 1.69. The number of rotatable bonds is 77. The van der Waals surface area contributed by atoms with Gasteiger partial charge in [-0.1, -0.05) is 396 Å². The topological polar surface area (TPSA) is 307 Å². The van der Waals surface area contributed by atoms with Gasteiger partial charge in [0.1, 0.15) is 73.2 Å². The number of carbonyl (C=O) groups is 1. The van der Waals surface area contributed by atoms with Gasteiger partial charge in [0, 0.05) is 6.42 Å². The quantitative estimate of drug-likeness (QED) is 0.0199. The van der Waals surface area contributed by atoms with Crippen molar-refractivity contribution in [3.05, 3.63) is 60.8 Å². The molecule has 12 N–H and O–H groups in total. The molecule has 3 saturated heterocycles. The number of unbranched alkanes of at least 4 members (excludes halogenated alkanes) is 53. The molecule has 17 unspecified atom stereocenters. The first kappa shape index (κ1) is 105. The average Bonchev–Trinajstić information content (AvgIpc) is 0.779. The Morgan fingerprint density at radius 1 is 0.327 bits per heavy atom. The molecule has 3 aliphatic rings. The van der Waals surface area contributed by atoms with Crippen LogP contribution in [-0.4, -0.2) is 193 Å². The zero-order valence-electron chi connectivity index (χ0n) is 71.6. The van der Waals surface area contributed by atoms with Crippen LogP contribution >= 0.6 is 0 Å². The van der Waals surface area contributed by atoms with E-state index in [2.05, 4.69) is 67.8 Å². The fraction of sp³-hybridized carbons (Fsp3) is 0.883. The van der Waals surface area contributed by atoms with Crippen molar-refractivity contribution in [1.82, 2.24) is 5.32 Å². The molecular weight excluding hydrogens is 1430 g/mol. The van der Waals surface area contributed by atoms with E-state index in [-0.39, 0.29) is 18.9 Å². The van der Waals surface area contributed by atoms with Gasteiger partial charge in [-0.3, -0.25) is 4.79 Å². The Morgan fingerprint density at radius 3 is 0.956 bits per heavy atom. The number of amides is 1. The fourth-order valence-corrected chi connectivity index (χ4v) is 15.9. The fourth-order valence-electron chi connectivity index (χ4n) is 15.9. The molecule has 0 aromatic rings. The predicted molar refractivity (Wildman–Crippen MR) is 457 cm³/mol. The normalized spacial score (nSPS) is 25.1. The highest BCUT2D eigenvalue weighted by molar-refractivity contribution is 5.76. The van der Waals surface area contributed by atoms with Crippen LogP contribution in [0.5, 0.6) is 0 Å². The molecule has 1 amide bonds. The summed E-state index contributed by atoms with van der Waals surface area (Å²) in [6.07, 6.45) is 71.0. The largest absolute Gasteiger partial charge is 0.394 e. The SMILES string of the molecule is CC/C=C\C/C=C\C/C=C\C/C=C\CCCCCCCCCCCCCCCCCCCCCCCCCCC(=O)NC(COC1OC(CO)C(OC2OC(CO)C(OC3OC(CO)C(O)C(O)C3O)C(O)C2O)C(O)C1O)C(O)/C=C/CCCCCCCCCCCCCCCCCCCCCCCCCCCCCCC. The Kier molecular flexibility index (Phi) is 68.0. The van der Waals surface area contributed by atoms with E-state index in [0.29, 0.717) is 6.42 Å². The van der Waals surface area contributed by atoms with Gasteiger partial charge < -0.3 is 89.9 Å². The third-order valence-corrected chi connectivity index (χ3v) is 23.3. The Bertz CT molecular complexity index is 2270. The second-order valence-corrected chi connectivity index (χ2v) is 33.5. The molecule has 662 valence electrons. The van der Waals surface area contributed by atoms with Crippen LogP contribution < -0.4 is 5.32 Å². The maximum atomic E-state index is 13.5. The molecule has 0 saturated carbocycles. The minimum Gasteiger partial charge on any atom is -0.394 e. The maximum Gasteiger partial charge on any atom is 0.220 e. The standard InChI is InChI=1S/C94H173NO18/c1-3-5-7-9-11-13-15-17-19-21-23-25-27-29-31-33-35-36-37-38-39-40-42-44-46-48-50-52-54-56-58-60-62-64-66-68-70-72-82(100)95-77(78(99)71-69-67-65-63-61-59-57-55-53-51-49-47-45-43-41-34-32-30-28-26-24-22-20-18-16-14-12-10-8-6-4-2)76-108-92-88(106)85(103)90(80(74-97)110-92)113-94-89(107)86(104)91(81(75-98)111-94)112-93-87(105)84(102)83(101)79(73-96)109-93/h5,7,11,13,17,19,23,25,69,71,77-81,83-94,96-99,101-107H,3-4,6,8-10,12,14-16,18,20-22,24,26-68,70,72-76H2,1-2H3,(H,95,100)/b7-5-,13-11-,19-17-,25-23-,71-69+. The van der Waals surface area contributed by atoms with Gasteiger partial charge in [0.25, 0.3) is 0 Å². The van der Waals surface area contributed by atoms with E-state index in [1.54, 1.807) is 6.08 Å². The van der Waals surface area contributed by atoms with Crippen molar-refractivity contribution in [3.8, 4) is 0 Å². The third-order valence-electron chi connectivity index (χ3n) is 23.3. The van der Waals surface area contributed by atoms with Crippen LogP contribution in [0.1, 0.15) is 399 Å². The van der Waals surface area contributed by atoms with Gasteiger partial charge in [-0.25, -0.2) is 0 Å². The molecule has 3 rings (SSSR count). The number of hydrogen-bond donors (Lipinski definition) is 12. The van der Waals surface area contributed by atoms with E-state index < -0.39 is 124 Å². The highest BCUT2D eigenvalue weighted by Gasteiger charge is 2.54. The van der Waals surface area contributed by atoms with Gasteiger partial charge in [0.2, 0.25) is 5.91 Å². The lowest BCUT2D eigenvalue weighted by molar-refractivity contribution is -0.379. The Labute approximate surface area is 687 Å². The van der Waals surface area contributed by atoms with Crippen molar-refractivity contribution in [1.29, 1.82) is 0 Å². The predicted octanol–water partition coefficient (Wildman–Crippen LogP) is 18.5. The van der Waals surface area contributed by atoms with Crippen molar-refractivity contribution < 1.29 is 89.4 Å². The van der Waals surface area contributed by atoms with E-state index in [0.717, 1.165) is 70.6 Å².